The molecule has 2 aromatic heterocycles. The Balaban J connectivity index is 1.18. The first-order valence-electron chi connectivity index (χ1n) is 13.6. The van der Waals surface area contributed by atoms with E-state index < -0.39 is 47.6 Å². The molecule has 2 saturated heterocycles. The van der Waals surface area contributed by atoms with Crippen LogP contribution < -0.4 is 20.4 Å². The number of anilines is 3. The highest BCUT2D eigenvalue weighted by Crippen LogP contribution is 2.35. The Morgan fingerprint density at radius 3 is 2.50 bits per heavy atom. The molecule has 1 aliphatic carbocycles. The van der Waals surface area contributed by atoms with Crippen LogP contribution in [0.25, 0.3) is 0 Å². The maximum Gasteiger partial charge on any atom is 0.437 e. The second-order valence-electron chi connectivity index (χ2n) is 10.4. The molecule has 0 saturated carbocycles. The Morgan fingerprint density at radius 2 is 1.86 bits per heavy atom. The van der Waals surface area contributed by atoms with Crippen molar-refractivity contribution in [2.75, 3.05) is 54.4 Å². The molecule has 0 spiro atoms. The number of rotatable bonds is 5. The number of allylic oxidation sites excluding steroid dienone is 2. The minimum atomic E-state index is -4.96. The molecule has 2 aliphatic heterocycles. The van der Waals surface area contributed by atoms with Crippen LogP contribution in [0.1, 0.15) is 36.0 Å². The van der Waals surface area contributed by atoms with Crippen molar-refractivity contribution in [2.45, 2.75) is 38.2 Å². The molecule has 0 aromatic carbocycles. The van der Waals surface area contributed by atoms with E-state index in [1.165, 1.54) is 23.2 Å². The Hall–Kier alpha value is -4.17. The number of carbonyl (C=O) groups excluding carboxylic acids is 2. The summed E-state index contributed by atoms with van der Waals surface area (Å²) in [6.45, 7) is 3.52. The van der Waals surface area contributed by atoms with Crippen molar-refractivity contribution in [3.63, 3.8) is 0 Å². The van der Waals surface area contributed by atoms with Gasteiger partial charge in [0.05, 0.1) is 24.5 Å². The van der Waals surface area contributed by atoms with E-state index in [1.54, 1.807) is 17.0 Å². The molecule has 0 bridgehead atoms. The van der Waals surface area contributed by atoms with Crippen LogP contribution in [0.4, 0.5) is 44.3 Å². The number of nitrogens with zero attached hydrogens (tertiary/aromatic N) is 5. The number of alkyl halides is 4. The summed E-state index contributed by atoms with van der Waals surface area (Å²) < 4.78 is 74.0. The van der Waals surface area contributed by atoms with E-state index >= 15 is 0 Å². The van der Waals surface area contributed by atoms with Crippen LogP contribution in [0.3, 0.4) is 0 Å². The van der Waals surface area contributed by atoms with Crippen molar-refractivity contribution in [3.05, 3.63) is 53.8 Å². The Kier molecular flexibility index (Phi) is 8.36. The smallest absolute Gasteiger partial charge is 0.417 e. The van der Waals surface area contributed by atoms with E-state index in [9.17, 15) is 31.5 Å². The lowest BCUT2D eigenvalue weighted by molar-refractivity contribution is -0.141. The van der Waals surface area contributed by atoms with Crippen LogP contribution in [-0.2, 0) is 6.18 Å². The number of nitrogens with one attached hydrogen (secondary N) is 2. The first-order chi connectivity index (χ1) is 20.0. The number of urea groups is 1. The van der Waals surface area contributed by atoms with Gasteiger partial charge in [0, 0.05) is 38.6 Å². The fourth-order valence-corrected chi connectivity index (χ4v) is 5.08. The molecule has 3 amide bonds. The number of carbonyl (C=O) groups is 2. The Morgan fingerprint density at radius 1 is 1.10 bits per heavy atom. The minimum absolute atomic E-state index is 0.125. The van der Waals surface area contributed by atoms with Gasteiger partial charge in [-0.2, -0.15) is 18.2 Å². The summed E-state index contributed by atoms with van der Waals surface area (Å²) in [6, 6.07) is 1.54. The van der Waals surface area contributed by atoms with E-state index in [-0.39, 0.29) is 30.7 Å². The predicted octanol–water partition coefficient (Wildman–Crippen LogP) is 4.54. The largest absolute Gasteiger partial charge is 0.437 e. The van der Waals surface area contributed by atoms with E-state index in [2.05, 4.69) is 20.6 Å². The second-order valence-corrected chi connectivity index (χ2v) is 10.4. The summed E-state index contributed by atoms with van der Waals surface area (Å²) in [5, 5.41) is 5.08. The van der Waals surface area contributed by atoms with E-state index in [0.29, 0.717) is 44.8 Å². The van der Waals surface area contributed by atoms with Crippen molar-refractivity contribution in [3.8, 4) is 0 Å². The highest BCUT2D eigenvalue weighted by molar-refractivity contribution is 6.03. The van der Waals surface area contributed by atoms with Crippen LogP contribution in [0.15, 0.2) is 46.8 Å². The molecule has 3 unspecified atom stereocenters. The summed E-state index contributed by atoms with van der Waals surface area (Å²) in [4.78, 5) is 38.0. The maximum atomic E-state index is 14.1. The summed E-state index contributed by atoms with van der Waals surface area (Å²) in [7, 11) is 0. The van der Waals surface area contributed by atoms with Gasteiger partial charge < -0.3 is 29.8 Å². The zero-order valence-electron chi connectivity index (χ0n) is 22.7. The fraction of sp³-hybridized carbons (Fsp3) is 0.481. The number of aromatic nitrogens is 2. The van der Waals surface area contributed by atoms with Gasteiger partial charge in [0.1, 0.15) is 17.8 Å². The SMILES string of the molecule is CC1C=CC=C(F)C1NC(=O)N1CCN(c2ccc(NC(=O)c3oc(N4CCCC(F)C4)nc3C(F)(F)F)cn2)CC1. The third-order valence-electron chi connectivity index (χ3n) is 7.39. The van der Waals surface area contributed by atoms with Gasteiger partial charge in [-0.15, -0.1) is 0 Å². The normalized spacial score (nSPS) is 23.0. The van der Waals surface area contributed by atoms with Gasteiger partial charge in [-0.25, -0.2) is 18.6 Å². The lowest BCUT2D eigenvalue weighted by Gasteiger charge is -2.36. The molecule has 3 aliphatic rings. The van der Waals surface area contributed by atoms with Gasteiger partial charge in [-0.3, -0.25) is 4.79 Å². The highest BCUT2D eigenvalue weighted by atomic mass is 19.4. The molecular formula is C27H30F5N7O3. The molecular weight excluding hydrogens is 565 g/mol. The van der Waals surface area contributed by atoms with Crippen LogP contribution in [-0.4, -0.2) is 78.3 Å². The summed E-state index contributed by atoms with van der Waals surface area (Å²) in [6.07, 6.45) is 0.582. The Labute approximate surface area is 238 Å². The predicted molar refractivity (Wildman–Crippen MR) is 144 cm³/mol. The fourth-order valence-electron chi connectivity index (χ4n) is 5.08. The molecule has 3 atom stereocenters. The topological polar surface area (TPSA) is 107 Å². The van der Waals surface area contributed by atoms with Crippen LogP contribution in [0.2, 0.25) is 0 Å². The molecule has 2 fully saturated rings. The average molecular weight is 596 g/mol. The highest BCUT2D eigenvalue weighted by Gasteiger charge is 2.42. The molecule has 0 radical (unpaired) electrons. The molecule has 4 heterocycles. The lowest BCUT2D eigenvalue weighted by atomic mass is 9.96. The summed E-state index contributed by atoms with van der Waals surface area (Å²) >= 11 is 0. The number of piperazine rings is 1. The lowest BCUT2D eigenvalue weighted by Crippen LogP contribution is -2.54. The molecule has 2 N–H and O–H groups in total. The first-order valence-corrected chi connectivity index (χ1v) is 13.6. The van der Waals surface area contributed by atoms with Gasteiger partial charge in [0.25, 0.3) is 11.9 Å². The van der Waals surface area contributed by atoms with E-state index in [0.717, 1.165) is 0 Å². The van der Waals surface area contributed by atoms with Crippen molar-refractivity contribution in [2.24, 2.45) is 5.92 Å². The minimum Gasteiger partial charge on any atom is -0.417 e. The average Bonchev–Trinajstić information content (AvgIpc) is 3.43. The molecule has 42 heavy (non-hydrogen) atoms. The van der Waals surface area contributed by atoms with Crippen molar-refractivity contribution in [1.29, 1.82) is 0 Å². The van der Waals surface area contributed by atoms with Crippen LogP contribution in [0.5, 0.6) is 0 Å². The summed E-state index contributed by atoms with van der Waals surface area (Å²) in [5.41, 5.74) is -1.36. The van der Waals surface area contributed by atoms with Gasteiger partial charge in [0.2, 0.25) is 5.76 Å². The Bertz CT molecular complexity index is 1350. The van der Waals surface area contributed by atoms with Crippen molar-refractivity contribution < 1.29 is 36.0 Å². The number of hydrogen-bond acceptors (Lipinski definition) is 7. The molecule has 2 aromatic rings. The van der Waals surface area contributed by atoms with Gasteiger partial charge in [-0.05, 0) is 31.1 Å². The summed E-state index contributed by atoms with van der Waals surface area (Å²) in [5.74, 6) is -2.22. The molecule has 15 heteroatoms. The number of piperidine rings is 1. The zero-order chi connectivity index (χ0) is 30.0. The van der Waals surface area contributed by atoms with Gasteiger partial charge in [0.15, 0.2) is 5.69 Å². The van der Waals surface area contributed by atoms with Crippen molar-refractivity contribution >= 4 is 29.5 Å². The standard InChI is InChI=1S/C27H30F5N7O3/c1-16-4-2-6-19(29)21(16)35-25(41)38-12-10-37(11-13-38)20-8-7-18(14-33-20)34-24(40)22-23(27(30,31)32)36-26(42-22)39-9-3-5-17(28)15-39/h2,4,6-8,14,16-17,21H,3,5,9-13,15H2,1H3,(H,34,40)(H,35,41). The third kappa shape index (κ3) is 6.49. The number of pyridine rings is 1. The van der Waals surface area contributed by atoms with Crippen LogP contribution in [0, 0.1) is 5.92 Å². The number of oxazole rings is 1. The zero-order valence-corrected chi connectivity index (χ0v) is 22.7. The molecule has 10 nitrogen and oxygen atoms in total. The number of hydrogen-bond donors (Lipinski definition) is 2. The quantitative estimate of drug-likeness (QED) is 0.489. The maximum absolute atomic E-state index is 14.1. The van der Waals surface area contributed by atoms with Gasteiger partial charge >= 0.3 is 12.2 Å². The number of halogens is 5. The number of amides is 3. The van der Waals surface area contributed by atoms with E-state index in [4.69, 9.17) is 4.42 Å². The van der Waals surface area contributed by atoms with Gasteiger partial charge in [-0.1, -0.05) is 19.1 Å². The first kappa shape index (κ1) is 29.3. The van der Waals surface area contributed by atoms with Crippen LogP contribution >= 0.6 is 0 Å². The second kappa shape index (κ2) is 12.0. The monoisotopic (exact) mass is 595 g/mol. The third-order valence-corrected chi connectivity index (χ3v) is 7.39. The van der Waals surface area contributed by atoms with E-state index in [1.807, 2.05) is 17.9 Å². The molecule has 226 valence electrons. The molecule has 5 rings (SSSR count). The van der Waals surface area contributed by atoms with Crippen molar-refractivity contribution in [1.82, 2.24) is 20.2 Å².